The van der Waals surface area contributed by atoms with Crippen LogP contribution in [-0.4, -0.2) is 15.9 Å². The second kappa shape index (κ2) is 8.73. The molecule has 3 aromatic rings. The lowest BCUT2D eigenvalue weighted by Crippen LogP contribution is -2.44. The first-order valence-electron chi connectivity index (χ1n) is 9.74. The van der Waals surface area contributed by atoms with Crippen LogP contribution in [0.3, 0.4) is 0 Å². The van der Waals surface area contributed by atoms with Gasteiger partial charge >= 0.3 is 6.18 Å². The number of alkyl halides is 3. The van der Waals surface area contributed by atoms with Crippen LogP contribution in [0, 0.1) is 5.82 Å². The molecule has 0 fully saturated rings. The highest BCUT2D eigenvalue weighted by molar-refractivity contribution is 5.97. The molecule has 0 aliphatic carbocycles. The zero-order valence-corrected chi connectivity index (χ0v) is 17.2. The normalized spacial score (nSPS) is 13.7. The summed E-state index contributed by atoms with van der Waals surface area (Å²) in [5.74, 6) is -2.27. The van der Waals surface area contributed by atoms with E-state index in [0.29, 0.717) is 5.69 Å². The largest absolute Gasteiger partial charge is 0.417 e. The predicted molar refractivity (Wildman–Crippen MR) is 114 cm³/mol. The molecule has 0 atom stereocenters. The summed E-state index contributed by atoms with van der Waals surface area (Å²) >= 11 is 0. The molecule has 0 spiro atoms. The van der Waals surface area contributed by atoms with E-state index in [9.17, 15) is 22.4 Å². The predicted octanol–water partition coefficient (Wildman–Crippen LogP) is 4.80. The van der Waals surface area contributed by atoms with E-state index in [0.717, 1.165) is 11.8 Å². The Morgan fingerprint density at radius 3 is 2.39 bits per heavy atom. The van der Waals surface area contributed by atoms with Crippen molar-refractivity contribution in [2.24, 2.45) is 0 Å². The molecule has 2 N–H and O–H groups in total. The first-order chi connectivity index (χ1) is 15.7. The lowest BCUT2D eigenvalue weighted by molar-refractivity contribution is -0.137. The lowest BCUT2D eigenvalue weighted by Gasteiger charge is -2.31. The Balaban J connectivity index is 1.72. The first kappa shape index (κ1) is 22.0. The van der Waals surface area contributed by atoms with E-state index in [1.165, 1.54) is 18.5 Å². The summed E-state index contributed by atoms with van der Waals surface area (Å²) < 4.78 is 55.3. The summed E-state index contributed by atoms with van der Waals surface area (Å²) in [7, 11) is 0. The summed E-state index contributed by atoms with van der Waals surface area (Å²) in [4.78, 5) is 20.6. The number of amides is 1. The van der Waals surface area contributed by atoms with Gasteiger partial charge in [0.15, 0.2) is 5.82 Å². The molecule has 2 heterocycles. The topological polar surface area (TPSA) is 70.2 Å². The number of para-hydroxylation sites is 1. The van der Waals surface area contributed by atoms with Crippen LogP contribution in [0.15, 0.2) is 84.6 Å². The standard InChI is InChI=1S/C23H17F4N5O/c1-14-8-9-20(32(31-14)15-6-3-2-4-7-15)30-22(33)17-12-16(21-28-10-5-11-29-21)18(13-19(17)24)23(25,26)27/h2-13,31H,1H3,(H,30,33). The summed E-state index contributed by atoms with van der Waals surface area (Å²) in [5, 5.41) is 4.13. The van der Waals surface area contributed by atoms with Crippen molar-refractivity contribution >= 4 is 11.6 Å². The summed E-state index contributed by atoms with van der Waals surface area (Å²) in [6.07, 6.45) is 0.945. The van der Waals surface area contributed by atoms with Crippen LogP contribution >= 0.6 is 0 Å². The van der Waals surface area contributed by atoms with E-state index in [1.807, 2.05) is 13.0 Å². The van der Waals surface area contributed by atoms with Crippen LogP contribution in [-0.2, 0) is 6.18 Å². The Labute approximate surface area is 186 Å². The zero-order valence-electron chi connectivity index (χ0n) is 17.2. The molecule has 0 saturated carbocycles. The second-order valence-corrected chi connectivity index (χ2v) is 7.09. The van der Waals surface area contributed by atoms with Gasteiger partial charge in [-0.3, -0.25) is 10.2 Å². The molecule has 0 radical (unpaired) electrons. The van der Waals surface area contributed by atoms with Crippen LogP contribution in [0.5, 0.6) is 0 Å². The number of halogens is 4. The zero-order chi connectivity index (χ0) is 23.6. The lowest BCUT2D eigenvalue weighted by atomic mass is 10.0. The Bertz CT molecular complexity index is 1240. The first-order valence-corrected chi connectivity index (χ1v) is 9.74. The Kier molecular flexibility index (Phi) is 5.82. The highest BCUT2D eigenvalue weighted by Crippen LogP contribution is 2.37. The van der Waals surface area contributed by atoms with Gasteiger partial charge in [0.2, 0.25) is 0 Å². The van der Waals surface area contributed by atoms with Crippen molar-refractivity contribution in [3.05, 3.63) is 102 Å². The average molecular weight is 455 g/mol. The number of nitrogens with zero attached hydrogens (tertiary/aromatic N) is 3. The summed E-state index contributed by atoms with van der Waals surface area (Å²) in [5.41, 5.74) is 2.18. The number of carbonyl (C=O) groups is 1. The Morgan fingerprint density at radius 1 is 1.03 bits per heavy atom. The number of benzene rings is 2. The number of carbonyl (C=O) groups excluding carboxylic acids is 1. The fourth-order valence-corrected chi connectivity index (χ4v) is 3.22. The van der Waals surface area contributed by atoms with Gasteiger partial charge in [-0.25, -0.2) is 19.4 Å². The van der Waals surface area contributed by atoms with Gasteiger partial charge < -0.3 is 5.32 Å². The van der Waals surface area contributed by atoms with Crippen LogP contribution < -0.4 is 15.8 Å². The van der Waals surface area contributed by atoms with Crippen LogP contribution in [0.25, 0.3) is 11.4 Å². The minimum absolute atomic E-state index is 0.258. The monoisotopic (exact) mass is 455 g/mol. The van der Waals surface area contributed by atoms with E-state index >= 15 is 0 Å². The fraction of sp³-hybridized carbons (Fsp3) is 0.0870. The van der Waals surface area contributed by atoms with Gasteiger partial charge in [0.25, 0.3) is 5.91 Å². The van der Waals surface area contributed by atoms with Crippen molar-refractivity contribution < 1.29 is 22.4 Å². The van der Waals surface area contributed by atoms with Gasteiger partial charge in [-0.1, -0.05) is 18.2 Å². The molecule has 0 unspecified atom stereocenters. The molecule has 6 nitrogen and oxygen atoms in total. The van der Waals surface area contributed by atoms with Crippen LogP contribution in [0.2, 0.25) is 0 Å². The average Bonchev–Trinajstić information content (AvgIpc) is 2.80. The minimum atomic E-state index is -4.87. The molecule has 0 bridgehead atoms. The molecule has 33 heavy (non-hydrogen) atoms. The molecule has 1 amide bonds. The minimum Gasteiger partial charge on any atom is -0.306 e. The number of nitrogens with one attached hydrogen (secondary N) is 2. The molecule has 1 aliphatic rings. The van der Waals surface area contributed by atoms with E-state index < -0.39 is 34.6 Å². The summed E-state index contributed by atoms with van der Waals surface area (Å²) in [6.45, 7) is 1.81. The van der Waals surface area contributed by atoms with E-state index in [2.05, 4.69) is 20.7 Å². The maximum atomic E-state index is 14.7. The molecular formula is C23H17F4N5O. The van der Waals surface area contributed by atoms with E-state index in [-0.39, 0.29) is 17.7 Å². The molecule has 10 heteroatoms. The molecule has 0 saturated heterocycles. The third-order valence-corrected chi connectivity index (χ3v) is 4.74. The molecular weight excluding hydrogens is 438 g/mol. The van der Waals surface area contributed by atoms with Crippen molar-refractivity contribution in [2.75, 3.05) is 5.01 Å². The van der Waals surface area contributed by atoms with Crippen LogP contribution in [0.1, 0.15) is 22.8 Å². The van der Waals surface area contributed by atoms with Gasteiger partial charge in [0.05, 0.1) is 16.8 Å². The highest BCUT2D eigenvalue weighted by atomic mass is 19.4. The smallest absolute Gasteiger partial charge is 0.306 e. The van der Waals surface area contributed by atoms with Gasteiger partial charge in [-0.2, -0.15) is 13.2 Å². The van der Waals surface area contributed by atoms with E-state index in [4.69, 9.17) is 0 Å². The molecule has 1 aromatic heterocycles. The van der Waals surface area contributed by atoms with E-state index in [1.54, 1.807) is 41.4 Å². The van der Waals surface area contributed by atoms with Crippen molar-refractivity contribution in [1.29, 1.82) is 0 Å². The van der Waals surface area contributed by atoms with Gasteiger partial charge in [-0.15, -0.1) is 0 Å². The quantitative estimate of drug-likeness (QED) is 0.553. The van der Waals surface area contributed by atoms with Crippen molar-refractivity contribution in [2.45, 2.75) is 13.1 Å². The summed E-state index contributed by atoms with van der Waals surface area (Å²) in [6, 6.07) is 11.5. The molecule has 168 valence electrons. The van der Waals surface area contributed by atoms with Crippen molar-refractivity contribution in [3.8, 4) is 11.4 Å². The number of rotatable bonds is 4. The number of anilines is 1. The van der Waals surface area contributed by atoms with Crippen molar-refractivity contribution in [3.63, 3.8) is 0 Å². The maximum Gasteiger partial charge on any atom is 0.417 e. The van der Waals surface area contributed by atoms with Crippen LogP contribution in [0.4, 0.5) is 23.2 Å². The molecule has 4 rings (SSSR count). The Hall–Kier alpha value is -4.21. The maximum absolute atomic E-state index is 14.7. The molecule has 1 aliphatic heterocycles. The van der Waals surface area contributed by atoms with Gasteiger partial charge in [0, 0.05) is 23.7 Å². The van der Waals surface area contributed by atoms with Gasteiger partial charge in [-0.05, 0) is 49.4 Å². The SMILES string of the molecule is CC1=CC=C(NC(=O)c2cc(-c3ncccn3)c(C(F)(F)F)cc2F)N(c2ccccc2)N1. The molecule has 2 aromatic carbocycles. The van der Waals surface area contributed by atoms with Gasteiger partial charge in [0.1, 0.15) is 11.6 Å². The van der Waals surface area contributed by atoms with Crippen molar-refractivity contribution in [1.82, 2.24) is 20.7 Å². The number of hydrogen-bond donors (Lipinski definition) is 2. The Morgan fingerprint density at radius 2 is 1.73 bits per heavy atom. The number of hydrogen-bond acceptors (Lipinski definition) is 5. The number of aromatic nitrogens is 2. The number of allylic oxidation sites excluding steroid dienone is 3. The third-order valence-electron chi connectivity index (χ3n) is 4.74. The second-order valence-electron chi connectivity index (χ2n) is 7.09. The fourth-order valence-electron chi connectivity index (χ4n) is 3.22. The third kappa shape index (κ3) is 4.69. The highest BCUT2D eigenvalue weighted by Gasteiger charge is 2.36. The number of hydrazine groups is 1.